The van der Waals surface area contributed by atoms with E-state index in [1.54, 1.807) is 4.68 Å². The van der Waals surface area contributed by atoms with E-state index in [9.17, 15) is 4.79 Å². The van der Waals surface area contributed by atoms with E-state index < -0.39 is 0 Å². The summed E-state index contributed by atoms with van der Waals surface area (Å²) in [5.74, 6) is 0.466. The normalized spacial score (nSPS) is 34.4. The summed E-state index contributed by atoms with van der Waals surface area (Å²) in [5, 5.41) is 7.80. The van der Waals surface area contributed by atoms with Gasteiger partial charge in [0, 0.05) is 69.9 Å². The molecule has 5 heterocycles. The molecule has 4 aliphatic heterocycles. The van der Waals surface area contributed by atoms with E-state index in [4.69, 9.17) is 0 Å². The predicted molar refractivity (Wildman–Crippen MR) is 104 cm³/mol. The first-order valence-electron chi connectivity index (χ1n) is 9.86. The first-order valence-corrected chi connectivity index (χ1v) is 9.86. The van der Waals surface area contributed by atoms with Crippen LogP contribution in [0.3, 0.4) is 0 Å². The van der Waals surface area contributed by atoms with Crippen molar-refractivity contribution in [3.63, 3.8) is 0 Å². The molecule has 27 heavy (non-hydrogen) atoms. The van der Waals surface area contributed by atoms with Gasteiger partial charge in [-0.15, -0.1) is 0 Å². The van der Waals surface area contributed by atoms with Crippen molar-refractivity contribution in [2.24, 2.45) is 13.0 Å². The topological polar surface area (TPSA) is 53.4 Å². The zero-order valence-electron chi connectivity index (χ0n) is 16.1. The molecule has 1 amide bonds. The molecule has 6 heteroatoms. The number of benzene rings is 1. The predicted octanol–water partition coefficient (Wildman–Crippen LogP) is 1.03. The number of aryl methyl sites for hydroxylation is 2. The third-order valence-electron chi connectivity index (χ3n) is 6.69. The molecule has 3 atom stereocenters. The fourth-order valence-corrected chi connectivity index (χ4v) is 5.61. The number of carbonyl (C=O) groups is 1. The molecule has 6 nitrogen and oxygen atoms in total. The monoisotopic (exact) mass is 365 g/mol. The van der Waals surface area contributed by atoms with Crippen molar-refractivity contribution in [1.82, 2.24) is 24.9 Å². The van der Waals surface area contributed by atoms with Gasteiger partial charge in [0.1, 0.15) is 0 Å². The maximum absolute atomic E-state index is 13.1. The van der Waals surface area contributed by atoms with Gasteiger partial charge in [-0.3, -0.25) is 9.48 Å². The van der Waals surface area contributed by atoms with Crippen molar-refractivity contribution < 1.29 is 4.79 Å². The van der Waals surface area contributed by atoms with Crippen molar-refractivity contribution in [2.45, 2.75) is 18.4 Å². The first kappa shape index (κ1) is 17.0. The number of piperidine rings is 2. The van der Waals surface area contributed by atoms with Crippen LogP contribution in [0.1, 0.15) is 21.6 Å². The molecular weight excluding hydrogens is 338 g/mol. The van der Waals surface area contributed by atoms with Crippen molar-refractivity contribution in [1.29, 1.82) is 0 Å². The van der Waals surface area contributed by atoms with Crippen molar-refractivity contribution in [2.75, 3.05) is 39.3 Å². The highest BCUT2D eigenvalue weighted by Gasteiger charge is 2.55. The summed E-state index contributed by atoms with van der Waals surface area (Å²) in [4.78, 5) is 18.3. The van der Waals surface area contributed by atoms with Crippen molar-refractivity contribution >= 4 is 5.91 Å². The number of nitrogens with zero attached hydrogens (tertiary/aromatic N) is 4. The fourth-order valence-electron chi connectivity index (χ4n) is 5.61. The van der Waals surface area contributed by atoms with E-state index in [1.165, 1.54) is 5.56 Å². The summed E-state index contributed by atoms with van der Waals surface area (Å²) in [6.45, 7) is 8.34. The molecule has 2 aromatic rings. The second-order valence-corrected chi connectivity index (χ2v) is 8.51. The van der Waals surface area contributed by atoms with E-state index in [0.717, 1.165) is 45.0 Å². The number of carbonyl (C=O) groups excluding carboxylic acids is 1. The lowest BCUT2D eigenvalue weighted by Crippen LogP contribution is -2.70. The number of rotatable bonds is 3. The van der Waals surface area contributed by atoms with Crippen LogP contribution >= 0.6 is 0 Å². The molecule has 6 rings (SSSR count). The van der Waals surface area contributed by atoms with Gasteiger partial charge >= 0.3 is 0 Å². The Kier molecular flexibility index (Phi) is 3.88. The van der Waals surface area contributed by atoms with Crippen molar-refractivity contribution in [3.05, 3.63) is 53.3 Å². The summed E-state index contributed by atoms with van der Waals surface area (Å²) in [5.41, 5.74) is 2.77. The Morgan fingerprint density at radius 1 is 1.15 bits per heavy atom. The van der Waals surface area contributed by atoms with Gasteiger partial charge in [0.05, 0.1) is 11.3 Å². The van der Waals surface area contributed by atoms with Crippen LogP contribution in [0.5, 0.6) is 0 Å². The van der Waals surface area contributed by atoms with Crippen LogP contribution in [0.4, 0.5) is 0 Å². The molecule has 4 saturated heterocycles. The van der Waals surface area contributed by atoms with E-state index >= 15 is 0 Å². The lowest BCUT2D eigenvalue weighted by Gasteiger charge is -2.55. The molecule has 0 aliphatic carbocycles. The van der Waals surface area contributed by atoms with E-state index in [2.05, 4.69) is 50.5 Å². The van der Waals surface area contributed by atoms with E-state index in [0.29, 0.717) is 11.5 Å². The van der Waals surface area contributed by atoms with Gasteiger partial charge in [-0.1, -0.05) is 30.3 Å². The largest absolute Gasteiger partial charge is 0.348 e. The van der Waals surface area contributed by atoms with Crippen LogP contribution in [-0.2, 0) is 12.5 Å². The molecule has 1 N–H and O–H groups in total. The maximum Gasteiger partial charge on any atom is 0.255 e. The van der Waals surface area contributed by atoms with Crippen LogP contribution in [0, 0.1) is 12.8 Å². The molecule has 0 radical (unpaired) electrons. The Bertz CT molecular complexity index is 845. The lowest BCUT2D eigenvalue weighted by atomic mass is 9.64. The number of fused-ring (bicyclic) bond motifs is 1. The second-order valence-electron chi connectivity index (χ2n) is 8.51. The Balaban J connectivity index is 1.53. The highest BCUT2D eigenvalue weighted by atomic mass is 16.1. The average molecular weight is 365 g/mol. The highest BCUT2D eigenvalue weighted by Crippen LogP contribution is 2.43. The fraction of sp³-hybridized carbons (Fsp3) is 0.524. The number of hydrogen-bond acceptors (Lipinski definition) is 4. The van der Waals surface area contributed by atoms with E-state index in [1.807, 2.05) is 20.2 Å². The minimum atomic E-state index is -0.0509. The molecule has 0 saturated carbocycles. The van der Waals surface area contributed by atoms with Gasteiger partial charge in [0.2, 0.25) is 0 Å². The Morgan fingerprint density at radius 2 is 1.81 bits per heavy atom. The molecule has 0 spiro atoms. The summed E-state index contributed by atoms with van der Waals surface area (Å²) >= 11 is 0. The van der Waals surface area contributed by atoms with Crippen LogP contribution in [-0.4, -0.2) is 70.8 Å². The zero-order chi connectivity index (χ0) is 18.6. The lowest BCUT2D eigenvalue weighted by molar-refractivity contribution is 0.0180. The number of aromatic nitrogens is 2. The molecule has 4 aliphatic rings. The van der Waals surface area contributed by atoms with Crippen LogP contribution in [0.15, 0.2) is 36.5 Å². The quantitative estimate of drug-likeness (QED) is 0.883. The molecule has 2 unspecified atom stereocenters. The van der Waals surface area contributed by atoms with Crippen LogP contribution < -0.4 is 5.32 Å². The summed E-state index contributed by atoms with van der Waals surface area (Å²) in [7, 11) is 1.86. The molecule has 1 aromatic carbocycles. The minimum absolute atomic E-state index is 0.0112. The smallest absolute Gasteiger partial charge is 0.255 e. The van der Waals surface area contributed by atoms with E-state index in [-0.39, 0.29) is 17.4 Å². The first-order chi connectivity index (χ1) is 13.0. The Morgan fingerprint density at radius 3 is 2.41 bits per heavy atom. The van der Waals surface area contributed by atoms with Crippen molar-refractivity contribution in [3.8, 4) is 0 Å². The Hall–Kier alpha value is -2.18. The van der Waals surface area contributed by atoms with Gasteiger partial charge in [-0.2, -0.15) is 5.10 Å². The number of nitrogens with one attached hydrogen (secondary N) is 1. The third kappa shape index (κ3) is 2.70. The standard InChI is InChI=1S/C21H27N5O/c1-15-18(12-24(2)23-15)20(27)22-19-16-10-25-8-9-26(11-16)14-21(19,13-25)17-6-4-3-5-7-17/h3-7,12,16,19H,8-11,13-14H2,1-2H3,(H,22,27)/t16?,19-,21?/m0/s1. The molecule has 142 valence electrons. The number of amides is 1. The summed E-state index contributed by atoms with van der Waals surface area (Å²) in [6, 6.07) is 11.0. The average Bonchev–Trinajstić information content (AvgIpc) is 2.82. The molecule has 4 bridgehead atoms. The molecule has 4 fully saturated rings. The zero-order valence-corrected chi connectivity index (χ0v) is 16.1. The second kappa shape index (κ2) is 6.17. The summed E-state index contributed by atoms with van der Waals surface area (Å²) in [6.07, 6.45) is 1.83. The molecular formula is C21H27N5O. The molecule has 1 aromatic heterocycles. The van der Waals surface area contributed by atoms with Gasteiger partial charge in [-0.05, 0) is 12.5 Å². The van der Waals surface area contributed by atoms with Crippen LogP contribution in [0.25, 0.3) is 0 Å². The number of hydrogen-bond donors (Lipinski definition) is 1. The Labute approximate surface area is 160 Å². The van der Waals surface area contributed by atoms with Gasteiger partial charge < -0.3 is 15.1 Å². The van der Waals surface area contributed by atoms with Crippen LogP contribution in [0.2, 0.25) is 0 Å². The van der Waals surface area contributed by atoms with Gasteiger partial charge in [0.25, 0.3) is 5.91 Å². The highest BCUT2D eigenvalue weighted by molar-refractivity contribution is 5.95. The maximum atomic E-state index is 13.1. The SMILES string of the molecule is Cc1nn(C)cc1C(=O)N[C@H]1C2CN3CCN(C2)CC1(c1ccccc1)C3. The van der Waals surface area contributed by atoms with Gasteiger partial charge in [-0.25, -0.2) is 0 Å². The summed E-state index contributed by atoms with van der Waals surface area (Å²) < 4.78 is 1.72. The third-order valence-corrected chi connectivity index (χ3v) is 6.69. The van der Waals surface area contributed by atoms with Gasteiger partial charge in [0.15, 0.2) is 0 Å². The minimum Gasteiger partial charge on any atom is -0.348 e.